The highest BCUT2D eigenvalue weighted by atomic mass is 16.5. The number of H-pyrrole nitrogens is 1. The molecule has 168 valence electrons. The number of carbonyl (C=O) groups is 2. The summed E-state index contributed by atoms with van der Waals surface area (Å²) in [6.45, 7) is 0. The summed E-state index contributed by atoms with van der Waals surface area (Å²) in [7, 11) is 5.33. The number of carbonyl (C=O) groups excluding carboxylic acids is 2. The zero-order valence-electron chi connectivity index (χ0n) is 17.9. The number of benzene rings is 1. The van der Waals surface area contributed by atoms with E-state index in [-0.39, 0.29) is 16.7 Å². The van der Waals surface area contributed by atoms with Crippen LogP contribution in [0, 0.1) is 0 Å². The fraction of sp³-hybridized carbons (Fsp3) is 0.273. The van der Waals surface area contributed by atoms with E-state index in [1.165, 1.54) is 31.9 Å². The number of nitrogens with one attached hydrogen (secondary N) is 1. The molecular weight excluding hydrogens is 420 g/mol. The topological polar surface area (TPSA) is 137 Å². The Morgan fingerprint density at radius 3 is 2.47 bits per heavy atom. The van der Waals surface area contributed by atoms with Crippen LogP contribution < -0.4 is 15.9 Å². The number of aryl methyl sites for hydroxylation is 1. The van der Waals surface area contributed by atoms with E-state index in [2.05, 4.69) is 9.72 Å². The first-order valence-electron chi connectivity index (χ1n) is 9.50. The van der Waals surface area contributed by atoms with Crippen LogP contribution in [-0.2, 0) is 21.3 Å². The van der Waals surface area contributed by atoms with Crippen molar-refractivity contribution < 1.29 is 28.9 Å². The lowest BCUT2D eigenvalue weighted by molar-refractivity contribution is -0.140. The zero-order valence-corrected chi connectivity index (χ0v) is 17.9. The number of ether oxygens (including phenoxy) is 3. The molecule has 0 radical (unpaired) electrons. The van der Waals surface area contributed by atoms with Crippen LogP contribution in [0.5, 0.6) is 11.5 Å². The van der Waals surface area contributed by atoms with Gasteiger partial charge in [-0.1, -0.05) is 0 Å². The molecule has 0 spiro atoms. The van der Waals surface area contributed by atoms with Crippen LogP contribution >= 0.6 is 0 Å². The number of pyridine rings is 2. The highest BCUT2D eigenvalue weighted by Gasteiger charge is 2.30. The lowest BCUT2D eigenvalue weighted by Crippen LogP contribution is -2.29. The van der Waals surface area contributed by atoms with Crippen LogP contribution in [0.25, 0.3) is 10.9 Å². The molecule has 1 atom stereocenters. The summed E-state index contributed by atoms with van der Waals surface area (Å²) in [5.74, 6) is -2.93. The molecular formula is C22H22N2O8. The van der Waals surface area contributed by atoms with Gasteiger partial charge in [-0.25, -0.2) is 4.79 Å². The van der Waals surface area contributed by atoms with Gasteiger partial charge in [0.15, 0.2) is 0 Å². The van der Waals surface area contributed by atoms with Crippen molar-refractivity contribution in [3.63, 3.8) is 0 Å². The van der Waals surface area contributed by atoms with Crippen molar-refractivity contribution >= 4 is 22.8 Å². The number of esters is 2. The molecule has 3 aromatic rings. The Morgan fingerprint density at radius 2 is 1.84 bits per heavy atom. The molecule has 1 aromatic carbocycles. The predicted octanol–water partition coefficient (Wildman–Crippen LogP) is 1.42. The molecule has 0 unspecified atom stereocenters. The number of nitrogens with zero attached hydrogens (tertiary/aromatic N) is 1. The average Bonchev–Trinajstić information content (AvgIpc) is 2.79. The monoisotopic (exact) mass is 442 g/mol. The zero-order chi connectivity index (χ0) is 23.6. The van der Waals surface area contributed by atoms with Gasteiger partial charge >= 0.3 is 11.9 Å². The minimum Gasteiger partial charge on any atom is -0.506 e. The minimum absolute atomic E-state index is 0.0679. The van der Waals surface area contributed by atoms with Crippen LogP contribution in [-0.4, -0.2) is 47.9 Å². The number of aromatic amines is 1. The maximum absolute atomic E-state index is 13.2. The number of rotatable bonds is 6. The SMILES string of the molecule is COC(=O)C[C@H](c1c(O)c(C(=O)OC)c[nH]c1=O)c1cc2ccc(OC)cc2n(C)c1=O. The molecule has 0 aliphatic carbocycles. The number of aromatic hydroxyl groups is 1. The Kier molecular flexibility index (Phi) is 6.33. The Morgan fingerprint density at radius 1 is 1.12 bits per heavy atom. The van der Waals surface area contributed by atoms with E-state index in [9.17, 15) is 24.3 Å². The summed E-state index contributed by atoms with van der Waals surface area (Å²) in [4.78, 5) is 52.5. The van der Waals surface area contributed by atoms with E-state index in [1.807, 2.05) is 0 Å². The lowest BCUT2D eigenvalue weighted by atomic mass is 9.87. The summed E-state index contributed by atoms with van der Waals surface area (Å²) in [6, 6.07) is 6.64. The Hall–Kier alpha value is -4.08. The number of fused-ring (bicyclic) bond motifs is 1. The molecule has 0 fully saturated rings. The van der Waals surface area contributed by atoms with Crippen LogP contribution in [0.4, 0.5) is 0 Å². The second kappa shape index (κ2) is 8.96. The molecule has 10 nitrogen and oxygen atoms in total. The molecule has 3 rings (SSSR count). The molecule has 2 aromatic heterocycles. The molecule has 0 saturated heterocycles. The molecule has 0 aliphatic heterocycles. The largest absolute Gasteiger partial charge is 0.506 e. The first-order chi connectivity index (χ1) is 15.2. The van der Waals surface area contributed by atoms with E-state index in [1.54, 1.807) is 18.2 Å². The van der Waals surface area contributed by atoms with Crippen molar-refractivity contribution in [3.8, 4) is 11.5 Å². The van der Waals surface area contributed by atoms with Gasteiger partial charge in [0.05, 0.1) is 38.8 Å². The average molecular weight is 442 g/mol. The smallest absolute Gasteiger partial charge is 0.343 e. The highest BCUT2D eigenvalue weighted by Crippen LogP contribution is 2.34. The standard InChI is InChI=1S/C22H22N2O8/c1-24-16-8-12(30-2)6-5-11(16)7-14(21(24)28)13(9-17(25)31-3)18-19(26)15(22(29)32-4)10-23-20(18)27/h5-8,10,13H,9H2,1-4H3,(H2,23,26,27)/t13-/m0/s1. The molecule has 2 N–H and O–H groups in total. The maximum Gasteiger partial charge on any atom is 0.343 e. The van der Waals surface area contributed by atoms with Gasteiger partial charge in [-0.2, -0.15) is 0 Å². The number of aromatic nitrogens is 2. The van der Waals surface area contributed by atoms with Crippen LogP contribution in [0.15, 0.2) is 40.1 Å². The molecule has 0 bridgehead atoms. The van der Waals surface area contributed by atoms with Gasteiger partial charge < -0.3 is 28.9 Å². The molecule has 10 heteroatoms. The Balaban J connectivity index is 2.34. The third kappa shape index (κ3) is 3.94. The van der Waals surface area contributed by atoms with E-state index in [0.29, 0.717) is 16.7 Å². The highest BCUT2D eigenvalue weighted by molar-refractivity contribution is 5.92. The molecule has 32 heavy (non-hydrogen) atoms. The fourth-order valence-electron chi connectivity index (χ4n) is 3.59. The Labute approximate surface area is 182 Å². The van der Waals surface area contributed by atoms with E-state index < -0.39 is 41.1 Å². The number of hydrogen-bond acceptors (Lipinski definition) is 8. The predicted molar refractivity (Wildman–Crippen MR) is 114 cm³/mol. The van der Waals surface area contributed by atoms with Crippen molar-refractivity contribution in [1.29, 1.82) is 0 Å². The molecule has 2 heterocycles. The normalized spacial score (nSPS) is 11.8. The second-order valence-electron chi connectivity index (χ2n) is 7.01. The lowest BCUT2D eigenvalue weighted by Gasteiger charge is -2.19. The summed E-state index contributed by atoms with van der Waals surface area (Å²) in [6.07, 6.45) is 0.585. The third-order valence-corrected chi connectivity index (χ3v) is 5.29. The number of hydrogen-bond donors (Lipinski definition) is 2. The van der Waals surface area contributed by atoms with Crippen LogP contribution in [0.3, 0.4) is 0 Å². The second-order valence-corrected chi connectivity index (χ2v) is 7.01. The summed E-state index contributed by atoms with van der Waals surface area (Å²) < 4.78 is 15.9. The quantitative estimate of drug-likeness (QED) is 0.547. The maximum atomic E-state index is 13.2. The number of methoxy groups -OCH3 is 3. The molecule has 0 saturated carbocycles. The molecule has 0 aliphatic rings. The van der Waals surface area contributed by atoms with Gasteiger partial charge in [0.2, 0.25) is 0 Å². The summed E-state index contributed by atoms with van der Waals surface area (Å²) >= 11 is 0. The van der Waals surface area contributed by atoms with Crippen LogP contribution in [0.1, 0.15) is 33.8 Å². The minimum atomic E-state index is -1.19. The molecule has 0 amide bonds. The summed E-state index contributed by atoms with van der Waals surface area (Å²) in [5.41, 5.74) is -1.25. The van der Waals surface area contributed by atoms with E-state index in [4.69, 9.17) is 9.47 Å². The van der Waals surface area contributed by atoms with E-state index >= 15 is 0 Å². The third-order valence-electron chi connectivity index (χ3n) is 5.29. The van der Waals surface area contributed by atoms with Crippen molar-refractivity contribution in [2.75, 3.05) is 21.3 Å². The van der Waals surface area contributed by atoms with Crippen molar-refractivity contribution in [2.24, 2.45) is 7.05 Å². The van der Waals surface area contributed by atoms with Gasteiger partial charge in [-0.3, -0.25) is 14.4 Å². The van der Waals surface area contributed by atoms with E-state index in [0.717, 1.165) is 13.3 Å². The van der Waals surface area contributed by atoms with Crippen molar-refractivity contribution in [1.82, 2.24) is 9.55 Å². The first kappa shape index (κ1) is 22.6. The Bertz CT molecular complexity index is 1320. The van der Waals surface area contributed by atoms with Gasteiger partial charge in [-0.15, -0.1) is 0 Å². The van der Waals surface area contributed by atoms with Gasteiger partial charge in [0.1, 0.15) is 17.1 Å². The van der Waals surface area contributed by atoms with Crippen LogP contribution in [0.2, 0.25) is 0 Å². The van der Waals surface area contributed by atoms with Gasteiger partial charge in [0, 0.05) is 30.8 Å². The van der Waals surface area contributed by atoms with Gasteiger partial charge in [0.25, 0.3) is 11.1 Å². The van der Waals surface area contributed by atoms with Crippen molar-refractivity contribution in [2.45, 2.75) is 12.3 Å². The van der Waals surface area contributed by atoms with Gasteiger partial charge in [-0.05, 0) is 23.6 Å². The summed E-state index contributed by atoms with van der Waals surface area (Å²) in [5, 5.41) is 11.4. The fourth-order valence-corrected chi connectivity index (χ4v) is 3.59. The first-order valence-corrected chi connectivity index (χ1v) is 9.50. The van der Waals surface area contributed by atoms with Crippen molar-refractivity contribution in [3.05, 3.63) is 67.9 Å².